The quantitative estimate of drug-likeness (QED) is 0.849. The minimum Gasteiger partial charge on any atom is -0.374 e. The zero-order valence-electron chi connectivity index (χ0n) is 13.7. The van der Waals surface area contributed by atoms with Crippen LogP contribution in [0.15, 0.2) is 48.5 Å². The van der Waals surface area contributed by atoms with Gasteiger partial charge in [-0.25, -0.2) is 0 Å². The van der Waals surface area contributed by atoms with E-state index in [-0.39, 0.29) is 11.9 Å². The van der Waals surface area contributed by atoms with Crippen molar-refractivity contribution in [3.8, 4) is 0 Å². The molecule has 0 aliphatic rings. The van der Waals surface area contributed by atoms with Gasteiger partial charge in [-0.3, -0.25) is 4.79 Å². The van der Waals surface area contributed by atoms with Crippen LogP contribution >= 0.6 is 0 Å². The molecule has 0 saturated heterocycles. The second-order valence-electron chi connectivity index (χ2n) is 6.00. The van der Waals surface area contributed by atoms with E-state index in [1.54, 1.807) is 0 Å². The van der Waals surface area contributed by atoms with Crippen LogP contribution in [0.1, 0.15) is 37.8 Å². The van der Waals surface area contributed by atoms with E-state index in [9.17, 15) is 4.79 Å². The van der Waals surface area contributed by atoms with Gasteiger partial charge >= 0.3 is 0 Å². The summed E-state index contributed by atoms with van der Waals surface area (Å²) in [6.07, 6.45) is 0. The second-order valence-corrected chi connectivity index (χ2v) is 6.00. The molecule has 0 aliphatic heterocycles. The van der Waals surface area contributed by atoms with Crippen molar-refractivity contribution in [2.24, 2.45) is 0 Å². The smallest absolute Gasteiger partial charge is 0.246 e. The Morgan fingerprint density at radius 1 is 0.955 bits per heavy atom. The summed E-state index contributed by atoms with van der Waals surface area (Å²) in [5, 5.41) is 6.16. The molecule has 2 N–H and O–H groups in total. The fourth-order valence-electron chi connectivity index (χ4n) is 2.25. The number of amides is 1. The highest BCUT2D eigenvalue weighted by molar-refractivity contribution is 5.96. The summed E-state index contributed by atoms with van der Waals surface area (Å²) < 4.78 is 0. The van der Waals surface area contributed by atoms with Crippen LogP contribution in [0.4, 0.5) is 11.4 Å². The van der Waals surface area contributed by atoms with Crippen molar-refractivity contribution in [3.63, 3.8) is 0 Å². The molecule has 0 aliphatic carbocycles. The summed E-state index contributed by atoms with van der Waals surface area (Å²) in [7, 11) is 0. The average Bonchev–Trinajstić information content (AvgIpc) is 2.47. The molecule has 2 rings (SSSR count). The Labute approximate surface area is 132 Å². The van der Waals surface area contributed by atoms with Crippen molar-refractivity contribution in [2.75, 3.05) is 10.6 Å². The normalized spacial score (nSPS) is 12.0. The maximum absolute atomic E-state index is 12.2. The Kier molecular flexibility index (Phi) is 5.21. The van der Waals surface area contributed by atoms with E-state index < -0.39 is 0 Å². The number of rotatable bonds is 5. The third-order valence-electron chi connectivity index (χ3n) is 3.64. The molecule has 0 spiro atoms. The Morgan fingerprint density at radius 2 is 1.64 bits per heavy atom. The minimum absolute atomic E-state index is 0.0428. The largest absolute Gasteiger partial charge is 0.374 e. The topological polar surface area (TPSA) is 41.1 Å². The summed E-state index contributed by atoms with van der Waals surface area (Å²) in [6, 6.07) is 15.7. The molecule has 0 fully saturated rings. The highest BCUT2D eigenvalue weighted by Crippen LogP contribution is 2.17. The molecule has 0 unspecified atom stereocenters. The third kappa shape index (κ3) is 4.35. The Balaban J connectivity index is 1.96. The van der Waals surface area contributed by atoms with E-state index in [0.717, 1.165) is 11.4 Å². The maximum Gasteiger partial charge on any atom is 0.246 e. The Bertz CT molecular complexity index is 632. The lowest BCUT2D eigenvalue weighted by atomic mass is 10.0. The molecule has 0 bridgehead atoms. The molecule has 2 aromatic rings. The fraction of sp³-hybridized carbons (Fsp3) is 0.316. The highest BCUT2D eigenvalue weighted by Gasteiger charge is 2.13. The van der Waals surface area contributed by atoms with Gasteiger partial charge in [-0.2, -0.15) is 0 Å². The number of carbonyl (C=O) groups is 1. The molecule has 22 heavy (non-hydrogen) atoms. The van der Waals surface area contributed by atoms with Gasteiger partial charge in [-0.1, -0.05) is 38.1 Å². The fourth-order valence-corrected chi connectivity index (χ4v) is 2.25. The summed E-state index contributed by atoms with van der Waals surface area (Å²) in [5.74, 6) is 0.450. The summed E-state index contributed by atoms with van der Waals surface area (Å²) in [6.45, 7) is 8.20. The molecule has 0 radical (unpaired) electrons. The van der Waals surface area contributed by atoms with Crippen molar-refractivity contribution < 1.29 is 4.79 Å². The summed E-state index contributed by atoms with van der Waals surface area (Å²) in [4.78, 5) is 12.2. The van der Waals surface area contributed by atoms with Gasteiger partial charge in [0.15, 0.2) is 0 Å². The van der Waals surface area contributed by atoms with Gasteiger partial charge in [0.25, 0.3) is 0 Å². The van der Waals surface area contributed by atoms with E-state index >= 15 is 0 Å². The molecule has 116 valence electrons. The van der Waals surface area contributed by atoms with E-state index in [2.05, 4.69) is 36.6 Å². The molecular weight excluding hydrogens is 272 g/mol. The van der Waals surface area contributed by atoms with E-state index in [1.807, 2.05) is 50.2 Å². The first kappa shape index (κ1) is 16.1. The highest BCUT2D eigenvalue weighted by atomic mass is 16.2. The van der Waals surface area contributed by atoms with E-state index in [1.165, 1.54) is 11.1 Å². The molecule has 1 amide bonds. The lowest BCUT2D eigenvalue weighted by molar-refractivity contribution is -0.116. The number of hydrogen-bond donors (Lipinski definition) is 2. The van der Waals surface area contributed by atoms with Gasteiger partial charge in [0.1, 0.15) is 6.04 Å². The number of carbonyl (C=O) groups excluding carboxylic acids is 1. The zero-order valence-corrected chi connectivity index (χ0v) is 13.7. The number of anilines is 2. The molecule has 0 aromatic heterocycles. The van der Waals surface area contributed by atoms with Crippen LogP contribution in [-0.2, 0) is 4.79 Å². The van der Waals surface area contributed by atoms with Crippen molar-refractivity contribution in [3.05, 3.63) is 59.7 Å². The maximum atomic E-state index is 12.2. The first-order valence-corrected chi connectivity index (χ1v) is 7.69. The van der Waals surface area contributed by atoms with Crippen molar-refractivity contribution in [2.45, 2.75) is 39.7 Å². The number of aryl methyl sites for hydroxylation is 1. The molecule has 0 saturated carbocycles. The van der Waals surface area contributed by atoms with Crippen molar-refractivity contribution in [1.82, 2.24) is 0 Å². The van der Waals surface area contributed by atoms with Crippen LogP contribution in [0.5, 0.6) is 0 Å². The predicted octanol–water partition coefficient (Wildman–Crippen LogP) is 4.56. The van der Waals surface area contributed by atoms with Gasteiger partial charge in [-0.05, 0) is 55.2 Å². The molecule has 2 aromatic carbocycles. The number of hydrogen-bond acceptors (Lipinski definition) is 2. The van der Waals surface area contributed by atoms with Crippen LogP contribution < -0.4 is 10.6 Å². The van der Waals surface area contributed by atoms with Gasteiger partial charge in [0, 0.05) is 11.4 Å². The molecular formula is C19H24N2O. The lowest BCUT2D eigenvalue weighted by Gasteiger charge is -2.16. The zero-order chi connectivity index (χ0) is 16.1. The van der Waals surface area contributed by atoms with Crippen molar-refractivity contribution in [1.29, 1.82) is 0 Å². The summed E-state index contributed by atoms with van der Waals surface area (Å²) in [5.41, 5.74) is 4.22. The first-order chi connectivity index (χ1) is 10.5. The van der Waals surface area contributed by atoms with Gasteiger partial charge < -0.3 is 10.6 Å². The Hall–Kier alpha value is -2.29. The first-order valence-electron chi connectivity index (χ1n) is 7.69. The van der Waals surface area contributed by atoms with Gasteiger partial charge in [0.05, 0.1) is 0 Å². The second kappa shape index (κ2) is 7.12. The van der Waals surface area contributed by atoms with Crippen LogP contribution in [-0.4, -0.2) is 11.9 Å². The van der Waals surface area contributed by atoms with Crippen LogP contribution in [0.2, 0.25) is 0 Å². The molecule has 3 heteroatoms. The van der Waals surface area contributed by atoms with E-state index in [4.69, 9.17) is 0 Å². The van der Waals surface area contributed by atoms with Crippen molar-refractivity contribution >= 4 is 17.3 Å². The third-order valence-corrected chi connectivity index (χ3v) is 3.64. The van der Waals surface area contributed by atoms with E-state index in [0.29, 0.717) is 5.92 Å². The molecule has 1 atom stereocenters. The van der Waals surface area contributed by atoms with Crippen LogP contribution in [0.3, 0.4) is 0 Å². The lowest BCUT2D eigenvalue weighted by Crippen LogP contribution is -2.31. The Morgan fingerprint density at radius 3 is 2.23 bits per heavy atom. The predicted molar refractivity (Wildman–Crippen MR) is 93.4 cm³/mol. The van der Waals surface area contributed by atoms with Gasteiger partial charge in [-0.15, -0.1) is 0 Å². The standard InChI is InChI=1S/C19H24N2O/c1-13(2)16-8-10-17(11-9-16)21-19(22)15(4)20-18-7-5-6-14(3)12-18/h5-13,15,20H,1-4H3,(H,21,22)/t15-/m0/s1. The van der Waals surface area contributed by atoms with Gasteiger partial charge in [0.2, 0.25) is 5.91 Å². The average molecular weight is 296 g/mol. The monoisotopic (exact) mass is 296 g/mol. The molecule has 3 nitrogen and oxygen atoms in total. The number of nitrogens with one attached hydrogen (secondary N) is 2. The minimum atomic E-state index is -0.299. The number of benzene rings is 2. The van der Waals surface area contributed by atoms with Crippen LogP contribution in [0, 0.1) is 6.92 Å². The summed E-state index contributed by atoms with van der Waals surface area (Å²) >= 11 is 0. The van der Waals surface area contributed by atoms with Crippen LogP contribution in [0.25, 0.3) is 0 Å². The molecule has 0 heterocycles. The SMILES string of the molecule is Cc1cccc(N[C@@H](C)C(=O)Nc2ccc(C(C)C)cc2)c1.